The highest BCUT2D eigenvalue weighted by Gasteiger charge is 1.93. The fourth-order valence-electron chi connectivity index (χ4n) is 2.02. The van der Waals surface area contributed by atoms with Gasteiger partial charge in [-0.1, -0.05) is 62.9 Å². The zero-order valence-corrected chi connectivity index (χ0v) is 12.8. The van der Waals surface area contributed by atoms with Gasteiger partial charge in [0.25, 0.3) is 0 Å². The van der Waals surface area contributed by atoms with Crippen LogP contribution in [0.3, 0.4) is 0 Å². The van der Waals surface area contributed by atoms with E-state index in [2.05, 4.69) is 6.92 Å². The Labute approximate surface area is 128 Å². The van der Waals surface area contributed by atoms with E-state index in [1.165, 1.54) is 37.7 Å². The van der Waals surface area contributed by atoms with Gasteiger partial charge in [-0.2, -0.15) is 0 Å². The molecule has 21 heavy (non-hydrogen) atoms. The Morgan fingerprint density at radius 1 is 0.667 bits per heavy atom. The molecule has 0 aliphatic heterocycles. The highest BCUT2D eigenvalue weighted by molar-refractivity contribution is 5.25. The van der Waals surface area contributed by atoms with E-state index >= 15 is 0 Å². The van der Waals surface area contributed by atoms with E-state index in [1.54, 1.807) is 36.4 Å². The molecule has 2 heteroatoms. The number of aryl methyl sites for hydroxylation is 1. The minimum Gasteiger partial charge on any atom is -0.508 e. The van der Waals surface area contributed by atoms with Crippen LogP contribution in [0.1, 0.15) is 44.6 Å². The van der Waals surface area contributed by atoms with E-state index in [0.29, 0.717) is 11.5 Å². The number of hydrogen-bond donors (Lipinski definition) is 2. The molecule has 0 fully saturated rings. The first-order valence-corrected chi connectivity index (χ1v) is 7.74. The van der Waals surface area contributed by atoms with Crippen molar-refractivity contribution in [1.29, 1.82) is 0 Å². The third-order valence-electron chi connectivity index (χ3n) is 3.26. The molecule has 2 aromatic carbocycles. The topological polar surface area (TPSA) is 40.5 Å². The predicted octanol–water partition coefficient (Wildman–Crippen LogP) is 5.30. The molecule has 0 saturated heterocycles. The molecule has 2 N–H and O–H groups in total. The number of unbranched alkanes of at least 4 members (excludes halogenated alkanes) is 4. The number of benzene rings is 2. The first-order valence-electron chi connectivity index (χ1n) is 7.74. The lowest BCUT2D eigenvalue weighted by atomic mass is 10.1. The van der Waals surface area contributed by atoms with Crippen molar-refractivity contribution < 1.29 is 10.2 Å². The van der Waals surface area contributed by atoms with Gasteiger partial charge in [-0.3, -0.25) is 0 Å². The number of hydrogen-bond acceptors (Lipinski definition) is 2. The molecule has 2 nitrogen and oxygen atoms in total. The van der Waals surface area contributed by atoms with Gasteiger partial charge >= 0.3 is 0 Å². The van der Waals surface area contributed by atoms with E-state index in [4.69, 9.17) is 10.2 Å². The molecule has 0 bridgehead atoms. The second-order valence-corrected chi connectivity index (χ2v) is 5.17. The fourth-order valence-corrected chi connectivity index (χ4v) is 2.02. The molecule has 114 valence electrons. The van der Waals surface area contributed by atoms with Crippen LogP contribution in [-0.4, -0.2) is 10.2 Å². The van der Waals surface area contributed by atoms with E-state index < -0.39 is 0 Å². The lowest BCUT2D eigenvalue weighted by Crippen LogP contribution is -1.85. The molecule has 2 rings (SSSR count). The SMILES string of the molecule is CCCCCCCc1ccc(O)cc1.Oc1ccccc1. The van der Waals surface area contributed by atoms with Crippen LogP contribution in [0.4, 0.5) is 0 Å². The largest absolute Gasteiger partial charge is 0.508 e. The first kappa shape index (κ1) is 17.1. The van der Waals surface area contributed by atoms with Gasteiger partial charge in [0.15, 0.2) is 0 Å². The van der Waals surface area contributed by atoms with Gasteiger partial charge < -0.3 is 10.2 Å². The maximum atomic E-state index is 9.10. The summed E-state index contributed by atoms with van der Waals surface area (Å²) < 4.78 is 0. The Balaban J connectivity index is 0.000000262. The average Bonchev–Trinajstić information content (AvgIpc) is 2.50. The van der Waals surface area contributed by atoms with E-state index in [-0.39, 0.29) is 0 Å². The second-order valence-electron chi connectivity index (χ2n) is 5.17. The van der Waals surface area contributed by atoms with Crippen molar-refractivity contribution in [3.05, 3.63) is 60.2 Å². The summed E-state index contributed by atoms with van der Waals surface area (Å²) in [4.78, 5) is 0. The number of para-hydroxylation sites is 1. The number of rotatable bonds is 6. The van der Waals surface area contributed by atoms with Crippen molar-refractivity contribution in [1.82, 2.24) is 0 Å². The monoisotopic (exact) mass is 286 g/mol. The molecule has 0 aliphatic carbocycles. The Kier molecular flexibility index (Phi) is 8.78. The van der Waals surface area contributed by atoms with Crippen LogP contribution >= 0.6 is 0 Å². The van der Waals surface area contributed by atoms with Crippen LogP contribution in [0.25, 0.3) is 0 Å². The Bertz CT molecular complexity index is 463. The highest BCUT2D eigenvalue weighted by atomic mass is 16.3. The smallest absolute Gasteiger partial charge is 0.115 e. The van der Waals surface area contributed by atoms with E-state index in [0.717, 1.165) is 6.42 Å². The Morgan fingerprint density at radius 3 is 1.76 bits per heavy atom. The summed E-state index contributed by atoms with van der Waals surface area (Å²) in [5, 5.41) is 17.7. The molecule has 0 radical (unpaired) electrons. The zero-order valence-electron chi connectivity index (χ0n) is 12.8. The van der Waals surface area contributed by atoms with Gasteiger partial charge in [-0.05, 0) is 42.7 Å². The van der Waals surface area contributed by atoms with Crippen molar-refractivity contribution in [3.8, 4) is 11.5 Å². The van der Waals surface area contributed by atoms with E-state index in [1.807, 2.05) is 18.2 Å². The summed E-state index contributed by atoms with van der Waals surface area (Å²) >= 11 is 0. The molecule has 0 spiro atoms. The quantitative estimate of drug-likeness (QED) is 0.708. The van der Waals surface area contributed by atoms with Gasteiger partial charge in [-0.25, -0.2) is 0 Å². The van der Waals surface area contributed by atoms with Gasteiger partial charge in [0.05, 0.1) is 0 Å². The standard InChI is InChI=1S/C13H20O.C6H6O/c1-2-3-4-5-6-7-12-8-10-13(14)11-9-12;7-6-4-2-1-3-5-6/h8-11,14H,2-7H2,1H3;1-5,7H. The van der Waals surface area contributed by atoms with Gasteiger partial charge in [0.2, 0.25) is 0 Å². The van der Waals surface area contributed by atoms with Crippen molar-refractivity contribution >= 4 is 0 Å². The van der Waals surface area contributed by atoms with Crippen molar-refractivity contribution in [2.24, 2.45) is 0 Å². The normalized spacial score (nSPS) is 9.76. The lowest BCUT2D eigenvalue weighted by molar-refractivity contribution is 0.474. The zero-order chi connectivity index (χ0) is 15.3. The van der Waals surface area contributed by atoms with Crippen LogP contribution in [-0.2, 0) is 6.42 Å². The summed E-state index contributed by atoms with van der Waals surface area (Å²) in [5.74, 6) is 0.683. The Morgan fingerprint density at radius 2 is 1.24 bits per heavy atom. The molecule has 0 aromatic heterocycles. The number of aromatic hydroxyl groups is 2. The van der Waals surface area contributed by atoms with Gasteiger partial charge in [-0.15, -0.1) is 0 Å². The van der Waals surface area contributed by atoms with Crippen LogP contribution in [0.5, 0.6) is 11.5 Å². The summed E-state index contributed by atoms with van der Waals surface area (Å²) in [6.45, 7) is 2.24. The van der Waals surface area contributed by atoms with Crippen LogP contribution < -0.4 is 0 Å². The van der Waals surface area contributed by atoms with Crippen molar-refractivity contribution in [2.75, 3.05) is 0 Å². The Hall–Kier alpha value is -1.96. The van der Waals surface area contributed by atoms with E-state index in [9.17, 15) is 0 Å². The number of phenolic OH excluding ortho intramolecular Hbond substituents is 2. The van der Waals surface area contributed by atoms with Crippen LogP contribution in [0.15, 0.2) is 54.6 Å². The molecule has 0 unspecified atom stereocenters. The minimum atomic E-state index is 0.322. The summed E-state index contributed by atoms with van der Waals surface area (Å²) in [5.41, 5.74) is 1.33. The first-order chi connectivity index (χ1) is 10.2. The van der Waals surface area contributed by atoms with Crippen molar-refractivity contribution in [2.45, 2.75) is 45.4 Å². The predicted molar refractivity (Wildman–Crippen MR) is 88.7 cm³/mol. The molecule has 0 atom stereocenters. The van der Waals surface area contributed by atoms with Crippen molar-refractivity contribution in [3.63, 3.8) is 0 Å². The third-order valence-corrected chi connectivity index (χ3v) is 3.26. The van der Waals surface area contributed by atoms with Gasteiger partial charge in [0, 0.05) is 0 Å². The maximum Gasteiger partial charge on any atom is 0.115 e. The molecule has 0 amide bonds. The fraction of sp³-hybridized carbons (Fsp3) is 0.368. The van der Waals surface area contributed by atoms with Gasteiger partial charge in [0.1, 0.15) is 11.5 Å². The molecular weight excluding hydrogens is 260 g/mol. The molecule has 0 saturated carbocycles. The van der Waals surface area contributed by atoms with Crippen LogP contribution in [0, 0.1) is 0 Å². The summed E-state index contributed by atoms with van der Waals surface area (Å²) in [6, 6.07) is 16.3. The molecule has 0 aliphatic rings. The lowest BCUT2D eigenvalue weighted by Gasteiger charge is -2.01. The molecule has 2 aromatic rings. The molecule has 0 heterocycles. The number of phenols is 2. The molecular formula is C19H26O2. The third kappa shape index (κ3) is 8.74. The maximum absolute atomic E-state index is 9.10. The van der Waals surface area contributed by atoms with Crippen LogP contribution in [0.2, 0.25) is 0 Å². The second kappa shape index (κ2) is 10.8. The summed E-state index contributed by atoms with van der Waals surface area (Å²) in [6.07, 6.45) is 7.76. The highest BCUT2D eigenvalue weighted by Crippen LogP contribution is 2.13. The average molecular weight is 286 g/mol. The summed E-state index contributed by atoms with van der Waals surface area (Å²) in [7, 11) is 0. The minimum absolute atomic E-state index is 0.322.